The maximum absolute atomic E-state index is 8.39. The SMILES string of the molecule is CCCSCc1nc(CC#N)n[nH]1. The Morgan fingerprint density at radius 3 is 3.15 bits per heavy atom. The summed E-state index contributed by atoms with van der Waals surface area (Å²) in [7, 11) is 0. The summed E-state index contributed by atoms with van der Waals surface area (Å²) in [6.45, 7) is 2.15. The van der Waals surface area contributed by atoms with Crippen molar-refractivity contribution in [3.05, 3.63) is 11.6 Å². The molecule has 0 aliphatic rings. The molecule has 0 fully saturated rings. The number of aromatic nitrogens is 3. The van der Waals surface area contributed by atoms with E-state index < -0.39 is 0 Å². The molecule has 0 saturated carbocycles. The Balaban J connectivity index is 2.36. The summed E-state index contributed by atoms with van der Waals surface area (Å²) in [6, 6.07) is 2.01. The predicted molar refractivity (Wildman–Crippen MR) is 52.2 cm³/mol. The second kappa shape index (κ2) is 5.60. The quantitative estimate of drug-likeness (QED) is 0.725. The fraction of sp³-hybridized carbons (Fsp3) is 0.625. The standard InChI is InChI=1S/C8H12N4S/c1-2-5-13-6-8-10-7(3-4-9)11-12-8/h2-3,5-6H2,1H3,(H,10,11,12). The van der Waals surface area contributed by atoms with Gasteiger partial charge in [0.15, 0.2) is 5.82 Å². The van der Waals surface area contributed by atoms with Crippen molar-refractivity contribution in [2.75, 3.05) is 5.75 Å². The van der Waals surface area contributed by atoms with Crippen molar-refractivity contribution in [2.45, 2.75) is 25.5 Å². The van der Waals surface area contributed by atoms with Crippen LogP contribution in [0.15, 0.2) is 0 Å². The monoisotopic (exact) mass is 196 g/mol. The lowest BCUT2D eigenvalue weighted by Crippen LogP contribution is -1.86. The molecule has 1 aromatic heterocycles. The number of hydrogen-bond acceptors (Lipinski definition) is 4. The third-order valence-electron chi connectivity index (χ3n) is 1.40. The Labute approximate surface area is 81.8 Å². The molecule has 70 valence electrons. The first-order valence-corrected chi connectivity index (χ1v) is 5.37. The third-order valence-corrected chi connectivity index (χ3v) is 2.58. The predicted octanol–water partition coefficient (Wildman–Crippen LogP) is 1.51. The van der Waals surface area contributed by atoms with Gasteiger partial charge in [-0.1, -0.05) is 6.92 Å². The summed E-state index contributed by atoms with van der Waals surface area (Å²) in [5, 5.41) is 15.1. The molecule has 0 unspecified atom stereocenters. The first-order chi connectivity index (χ1) is 6.36. The van der Waals surface area contributed by atoms with Crippen LogP contribution >= 0.6 is 11.8 Å². The van der Waals surface area contributed by atoms with Gasteiger partial charge in [0.1, 0.15) is 5.82 Å². The normalized spacial score (nSPS) is 9.85. The van der Waals surface area contributed by atoms with E-state index in [4.69, 9.17) is 5.26 Å². The molecule has 4 nitrogen and oxygen atoms in total. The lowest BCUT2D eigenvalue weighted by atomic mass is 10.5. The van der Waals surface area contributed by atoms with E-state index in [1.54, 1.807) is 0 Å². The Morgan fingerprint density at radius 2 is 2.46 bits per heavy atom. The van der Waals surface area contributed by atoms with Crippen molar-refractivity contribution >= 4 is 11.8 Å². The van der Waals surface area contributed by atoms with Crippen molar-refractivity contribution in [3.8, 4) is 6.07 Å². The summed E-state index contributed by atoms with van der Waals surface area (Å²) in [4.78, 5) is 4.16. The Morgan fingerprint density at radius 1 is 1.62 bits per heavy atom. The molecular formula is C8H12N4S. The van der Waals surface area contributed by atoms with Crippen molar-refractivity contribution in [3.63, 3.8) is 0 Å². The van der Waals surface area contributed by atoms with Crippen molar-refractivity contribution in [2.24, 2.45) is 0 Å². The zero-order chi connectivity index (χ0) is 9.52. The summed E-state index contributed by atoms with van der Waals surface area (Å²) < 4.78 is 0. The van der Waals surface area contributed by atoms with Gasteiger partial charge in [-0.3, -0.25) is 5.10 Å². The first kappa shape index (κ1) is 10.1. The van der Waals surface area contributed by atoms with Gasteiger partial charge in [0.25, 0.3) is 0 Å². The van der Waals surface area contributed by atoms with Gasteiger partial charge in [-0.2, -0.15) is 22.1 Å². The van der Waals surface area contributed by atoms with E-state index >= 15 is 0 Å². The topological polar surface area (TPSA) is 65.4 Å². The lowest BCUT2D eigenvalue weighted by molar-refractivity contribution is 0.986. The fourth-order valence-corrected chi connectivity index (χ4v) is 1.62. The second-order valence-electron chi connectivity index (χ2n) is 2.59. The zero-order valence-electron chi connectivity index (χ0n) is 7.58. The molecule has 0 aliphatic carbocycles. The summed E-state index contributed by atoms with van der Waals surface area (Å²) in [6.07, 6.45) is 1.46. The van der Waals surface area contributed by atoms with Crippen LogP contribution in [-0.2, 0) is 12.2 Å². The lowest BCUT2D eigenvalue weighted by Gasteiger charge is -1.93. The number of nitriles is 1. The highest BCUT2D eigenvalue weighted by Gasteiger charge is 2.01. The van der Waals surface area contributed by atoms with E-state index in [0.717, 1.165) is 17.3 Å². The van der Waals surface area contributed by atoms with Gasteiger partial charge in [-0.15, -0.1) is 0 Å². The molecule has 13 heavy (non-hydrogen) atoms. The van der Waals surface area contributed by atoms with Gasteiger partial charge in [0.05, 0.1) is 18.2 Å². The van der Waals surface area contributed by atoms with E-state index in [0.29, 0.717) is 5.82 Å². The Kier molecular flexibility index (Phi) is 4.33. The zero-order valence-corrected chi connectivity index (χ0v) is 8.39. The van der Waals surface area contributed by atoms with Crippen LogP contribution in [0.3, 0.4) is 0 Å². The van der Waals surface area contributed by atoms with Gasteiger partial charge in [-0.05, 0) is 12.2 Å². The highest BCUT2D eigenvalue weighted by molar-refractivity contribution is 7.98. The minimum Gasteiger partial charge on any atom is -0.262 e. The largest absolute Gasteiger partial charge is 0.262 e. The summed E-state index contributed by atoms with van der Waals surface area (Å²) >= 11 is 1.82. The molecule has 0 bridgehead atoms. The Hall–Kier alpha value is -1.02. The van der Waals surface area contributed by atoms with Crippen molar-refractivity contribution in [1.29, 1.82) is 5.26 Å². The number of nitrogens with zero attached hydrogens (tertiary/aromatic N) is 3. The van der Waals surface area contributed by atoms with Crippen LogP contribution in [0, 0.1) is 11.3 Å². The Bertz CT molecular complexity index is 289. The molecule has 0 amide bonds. The van der Waals surface area contributed by atoms with Gasteiger partial charge in [0.2, 0.25) is 0 Å². The molecule has 1 rings (SSSR count). The van der Waals surface area contributed by atoms with Crippen LogP contribution in [0.2, 0.25) is 0 Å². The van der Waals surface area contributed by atoms with Crippen LogP contribution in [0.25, 0.3) is 0 Å². The van der Waals surface area contributed by atoms with Gasteiger partial charge >= 0.3 is 0 Å². The van der Waals surface area contributed by atoms with E-state index in [1.807, 2.05) is 17.8 Å². The highest BCUT2D eigenvalue weighted by Crippen LogP contribution is 2.08. The average Bonchev–Trinajstić information content (AvgIpc) is 2.54. The van der Waals surface area contributed by atoms with Crippen LogP contribution < -0.4 is 0 Å². The van der Waals surface area contributed by atoms with Crippen LogP contribution in [0.4, 0.5) is 0 Å². The maximum Gasteiger partial charge on any atom is 0.164 e. The van der Waals surface area contributed by atoms with Gasteiger partial charge < -0.3 is 0 Å². The number of H-pyrrole nitrogens is 1. The number of rotatable bonds is 5. The number of thioether (sulfide) groups is 1. The van der Waals surface area contributed by atoms with Gasteiger partial charge in [0, 0.05) is 0 Å². The minimum absolute atomic E-state index is 0.287. The number of aromatic amines is 1. The second-order valence-corrected chi connectivity index (χ2v) is 3.69. The first-order valence-electron chi connectivity index (χ1n) is 4.21. The average molecular weight is 196 g/mol. The van der Waals surface area contributed by atoms with Crippen molar-refractivity contribution < 1.29 is 0 Å². The van der Waals surface area contributed by atoms with E-state index in [1.165, 1.54) is 6.42 Å². The smallest absolute Gasteiger partial charge is 0.164 e. The molecular weight excluding hydrogens is 184 g/mol. The minimum atomic E-state index is 0.287. The molecule has 1 heterocycles. The van der Waals surface area contributed by atoms with E-state index in [2.05, 4.69) is 22.1 Å². The van der Waals surface area contributed by atoms with Crippen LogP contribution in [-0.4, -0.2) is 20.9 Å². The molecule has 0 saturated heterocycles. The maximum atomic E-state index is 8.39. The molecule has 1 aromatic rings. The third kappa shape index (κ3) is 3.47. The van der Waals surface area contributed by atoms with Crippen LogP contribution in [0.1, 0.15) is 25.0 Å². The van der Waals surface area contributed by atoms with Crippen molar-refractivity contribution in [1.82, 2.24) is 15.2 Å². The molecule has 1 N–H and O–H groups in total. The molecule has 0 aliphatic heterocycles. The molecule has 0 aromatic carbocycles. The van der Waals surface area contributed by atoms with E-state index in [-0.39, 0.29) is 6.42 Å². The highest BCUT2D eigenvalue weighted by atomic mass is 32.2. The fourth-order valence-electron chi connectivity index (χ4n) is 0.862. The molecule has 0 spiro atoms. The van der Waals surface area contributed by atoms with Gasteiger partial charge in [-0.25, -0.2) is 4.98 Å². The van der Waals surface area contributed by atoms with Crippen LogP contribution in [0.5, 0.6) is 0 Å². The molecule has 5 heteroatoms. The molecule has 0 atom stereocenters. The summed E-state index contributed by atoms with van der Waals surface area (Å²) in [5.41, 5.74) is 0. The number of nitrogens with one attached hydrogen (secondary N) is 1. The molecule has 0 radical (unpaired) electrons. The van der Waals surface area contributed by atoms with E-state index in [9.17, 15) is 0 Å². The summed E-state index contributed by atoms with van der Waals surface area (Å²) in [5.74, 6) is 3.44. The number of hydrogen-bond donors (Lipinski definition) is 1.